The van der Waals surface area contributed by atoms with E-state index in [2.05, 4.69) is 211 Å². The number of anilines is 3. The van der Waals surface area contributed by atoms with Crippen molar-refractivity contribution in [2.45, 2.75) is 0 Å². The second-order valence-corrected chi connectivity index (χ2v) is 13.7. The Morgan fingerprint density at radius 2 is 0.833 bits per heavy atom. The summed E-state index contributed by atoms with van der Waals surface area (Å²) in [5.74, 6) is 1.67. The van der Waals surface area contributed by atoms with Crippen LogP contribution in [0.1, 0.15) is 0 Å². The molecule has 2 heteroatoms. The Hall–Kier alpha value is -7.16. The topological polar surface area (TPSA) is 12.5 Å². The smallest absolute Gasteiger partial charge is 0.137 e. The normalized spacial score (nSPS) is 11.5. The zero-order valence-electron chi connectivity index (χ0n) is 29.6. The van der Waals surface area contributed by atoms with Crippen molar-refractivity contribution in [1.82, 2.24) is 0 Å². The van der Waals surface area contributed by atoms with E-state index in [1.165, 1.54) is 33.0 Å². The Balaban J connectivity index is 1.18. The fourth-order valence-electron chi connectivity index (χ4n) is 7.79. The average molecular weight is 690 g/mol. The Bertz CT molecular complexity index is 2770. The molecule has 1 heterocycles. The van der Waals surface area contributed by atoms with Gasteiger partial charge in [0.25, 0.3) is 0 Å². The lowest BCUT2D eigenvalue weighted by molar-refractivity contribution is 0.488. The van der Waals surface area contributed by atoms with Crippen molar-refractivity contribution >= 4 is 27.8 Å². The van der Waals surface area contributed by atoms with Crippen LogP contribution in [0.5, 0.6) is 11.5 Å². The summed E-state index contributed by atoms with van der Waals surface area (Å²) in [6.45, 7) is 0. The summed E-state index contributed by atoms with van der Waals surface area (Å²) < 4.78 is 6.88. The third kappa shape index (κ3) is 5.71. The van der Waals surface area contributed by atoms with Crippen molar-refractivity contribution < 1.29 is 4.74 Å². The van der Waals surface area contributed by atoms with Crippen LogP contribution in [0.2, 0.25) is 0 Å². The quantitative estimate of drug-likeness (QED) is 0.172. The third-order valence-electron chi connectivity index (χ3n) is 10.5. The first kappa shape index (κ1) is 31.6. The summed E-state index contributed by atoms with van der Waals surface area (Å²) in [5, 5.41) is 2.40. The molecule has 0 radical (unpaired) electrons. The van der Waals surface area contributed by atoms with Gasteiger partial charge >= 0.3 is 0 Å². The lowest BCUT2D eigenvalue weighted by atomic mass is 9.89. The van der Waals surface area contributed by atoms with Gasteiger partial charge in [-0.15, -0.1) is 0 Å². The van der Waals surface area contributed by atoms with E-state index in [9.17, 15) is 0 Å². The van der Waals surface area contributed by atoms with E-state index in [4.69, 9.17) is 4.74 Å². The molecule has 2 nitrogen and oxygen atoms in total. The minimum Gasteiger partial charge on any atom is -0.456 e. The van der Waals surface area contributed by atoms with E-state index >= 15 is 0 Å². The number of hydrogen-bond acceptors (Lipinski definition) is 2. The van der Waals surface area contributed by atoms with Gasteiger partial charge in [0.1, 0.15) is 11.5 Å². The number of rotatable bonds is 6. The van der Waals surface area contributed by atoms with Crippen LogP contribution >= 0.6 is 0 Å². The van der Waals surface area contributed by atoms with Crippen LogP contribution in [0.15, 0.2) is 212 Å². The third-order valence-corrected chi connectivity index (χ3v) is 10.5. The largest absolute Gasteiger partial charge is 0.456 e. The first-order valence-electron chi connectivity index (χ1n) is 18.4. The summed E-state index contributed by atoms with van der Waals surface area (Å²) in [6.07, 6.45) is 0. The highest BCUT2D eigenvalue weighted by Gasteiger charge is 2.27. The van der Waals surface area contributed by atoms with Gasteiger partial charge in [-0.2, -0.15) is 0 Å². The maximum atomic E-state index is 6.88. The number of fused-ring (bicyclic) bond motifs is 6. The number of nitrogens with zero attached hydrogens (tertiary/aromatic N) is 1. The van der Waals surface area contributed by atoms with Gasteiger partial charge in [0.05, 0.1) is 5.69 Å². The van der Waals surface area contributed by atoms with Crippen LogP contribution in [-0.2, 0) is 0 Å². The SMILES string of the molecule is c1ccc(-c2ccc(-c3ccc4c(c3)-c3c(cccc3N(c3ccc(-c5ccccc5)cc3)c3ccc5ccccc5c3)Oc3ccccc3-4)cc2)cc1. The summed E-state index contributed by atoms with van der Waals surface area (Å²) in [5.41, 5.74) is 14.7. The first-order valence-corrected chi connectivity index (χ1v) is 18.4. The molecule has 54 heavy (non-hydrogen) atoms. The van der Waals surface area contributed by atoms with E-state index in [-0.39, 0.29) is 0 Å². The highest BCUT2D eigenvalue weighted by atomic mass is 16.5. The minimum atomic E-state index is 0.821. The summed E-state index contributed by atoms with van der Waals surface area (Å²) >= 11 is 0. The number of hydrogen-bond donors (Lipinski definition) is 0. The van der Waals surface area contributed by atoms with Crippen LogP contribution in [0.3, 0.4) is 0 Å². The van der Waals surface area contributed by atoms with Gasteiger partial charge in [0.15, 0.2) is 0 Å². The number of ether oxygens (including phenoxy) is 1. The van der Waals surface area contributed by atoms with Crippen LogP contribution in [0.25, 0.3) is 66.4 Å². The van der Waals surface area contributed by atoms with E-state index in [1.54, 1.807) is 0 Å². The molecule has 0 aliphatic carbocycles. The molecule has 0 saturated carbocycles. The molecule has 1 aliphatic heterocycles. The molecule has 9 aromatic carbocycles. The Morgan fingerprint density at radius 3 is 1.56 bits per heavy atom. The van der Waals surface area contributed by atoms with Gasteiger partial charge in [0, 0.05) is 22.5 Å². The zero-order chi connectivity index (χ0) is 35.8. The fraction of sp³-hybridized carbons (Fsp3) is 0. The average Bonchev–Trinajstić information content (AvgIpc) is 3.39. The van der Waals surface area contributed by atoms with Gasteiger partial charge in [-0.3, -0.25) is 0 Å². The Labute approximate surface area is 315 Å². The number of benzene rings is 9. The predicted molar refractivity (Wildman–Crippen MR) is 226 cm³/mol. The summed E-state index contributed by atoms with van der Waals surface area (Å²) in [6, 6.07) is 75.8. The van der Waals surface area contributed by atoms with Gasteiger partial charge in [-0.05, 0) is 104 Å². The van der Waals surface area contributed by atoms with Crippen LogP contribution < -0.4 is 9.64 Å². The number of para-hydroxylation sites is 1. The van der Waals surface area contributed by atoms with Crippen LogP contribution in [-0.4, -0.2) is 0 Å². The molecule has 0 aromatic heterocycles. The molecule has 0 atom stereocenters. The molecule has 254 valence electrons. The van der Waals surface area contributed by atoms with Gasteiger partial charge in [0.2, 0.25) is 0 Å². The molecular weight excluding hydrogens is 655 g/mol. The van der Waals surface area contributed by atoms with Gasteiger partial charge in [-0.25, -0.2) is 0 Å². The second kappa shape index (κ2) is 13.4. The lowest BCUT2D eigenvalue weighted by Crippen LogP contribution is -2.11. The van der Waals surface area contributed by atoms with E-state index in [0.29, 0.717) is 0 Å². The van der Waals surface area contributed by atoms with E-state index in [0.717, 1.165) is 61.9 Å². The molecule has 0 saturated heterocycles. The molecule has 0 bridgehead atoms. The first-order chi connectivity index (χ1) is 26.8. The molecule has 10 rings (SSSR count). The monoisotopic (exact) mass is 689 g/mol. The highest BCUT2D eigenvalue weighted by molar-refractivity contribution is 6.01. The molecule has 0 N–H and O–H groups in total. The second-order valence-electron chi connectivity index (χ2n) is 13.7. The Morgan fingerprint density at radius 1 is 0.296 bits per heavy atom. The molecule has 0 fully saturated rings. The predicted octanol–water partition coefficient (Wildman–Crippen LogP) is 14.8. The zero-order valence-corrected chi connectivity index (χ0v) is 29.6. The molecule has 0 unspecified atom stereocenters. The fourth-order valence-corrected chi connectivity index (χ4v) is 7.79. The van der Waals surface area contributed by atoms with Crippen LogP contribution in [0.4, 0.5) is 17.1 Å². The van der Waals surface area contributed by atoms with Crippen molar-refractivity contribution in [3.05, 3.63) is 212 Å². The maximum Gasteiger partial charge on any atom is 0.137 e. The molecule has 0 spiro atoms. The molecule has 0 amide bonds. The van der Waals surface area contributed by atoms with Gasteiger partial charge < -0.3 is 9.64 Å². The Kier molecular flexibility index (Phi) is 7.85. The van der Waals surface area contributed by atoms with E-state index in [1.807, 2.05) is 6.07 Å². The van der Waals surface area contributed by atoms with Crippen molar-refractivity contribution in [2.24, 2.45) is 0 Å². The lowest BCUT2D eigenvalue weighted by Gasteiger charge is -2.29. The van der Waals surface area contributed by atoms with Crippen molar-refractivity contribution in [1.29, 1.82) is 0 Å². The van der Waals surface area contributed by atoms with Crippen LogP contribution in [0, 0.1) is 0 Å². The minimum absolute atomic E-state index is 0.821. The van der Waals surface area contributed by atoms with Crippen molar-refractivity contribution in [3.63, 3.8) is 0 Å². The molecule has 9 aromatic rings. The van der Waals surface area contributed by atoms with Gasteiger partial charge in [-0.1, -0.05) is 164 Å². The maximum absolute atomic E-state index is 6.88. The van der Waals surface area contributed by atoms with Crippen molar-refractivity contribution in [3.8, 4) is 67.1 Å². The highest BCUT2D eigenvalue weighted by Crippen LogP contribution is 2.53. The molecule has 1 aliphatic rings. The summed E-state index contributed by atoms with van der Waals surface area (Å²) in [7, 11) is 0. The van der Waals surface area contributed by atoms with E-state index < -0.39 is 0 Å². The summed E-state index contributed by atoms with van der Waals surface area (Å²) in [4.78, 5) is 2.38. The molecular formula is C52H35NO. The standard InChI is InChI=1S/C52H35NO/c1-3-12-36(13-4-1)39-22-24-41(25-23-39)43-29-33-46-47-18-9-10-20-50(47)54-51-21-11-19-49(52(51)48(46)35-43)53(45-32-28-38-16-7-8-17-42(38)34-45)44-30-26-40(27-31-44)37-14-5-2-6-15-37/h1-35H. The van der Waals surface area contributed by atoms with Crippen molar-refractivity contribution in [2.75, 3.05) is 4.90 Å².